The molecule has 1 saturated carbocycles. The Morgan fingerprint density at radius 1 is 1.12 bits per heavy atom. The summed E-state index contributed by atoms with van der Waals surface area (Å²) in [6.45, 7) is -4.27. The van der Waals surface area contributed by atoms with Crippen LogP contribution in [0, 0.1) is 5.92 Å². The molecule has 2 rings (SSSR count). The van der Waals surface area contributed by atoms with Gasteiger partial charge in [0.2, 0.25) is 0 Å². The Bertz CT molecular complexity index is 349. The van der Waals surface area contributed by atoms with Crippen molar-refractivity contribution in [3.8, 4) is 5.75 Å². The van der Waals surface area contributed by atoms with E-state index < -0.39 is 12.4 Å². The second kappa shape index (κ2) is 6.61. The van der Waals surface area contributed by atoms with Crippen LogP contribution in [-0.4, -0.2) is 13.6 Å². The van der Waals surface area contributed by atoms with E-state index >= 15 is 0 Å². The van der Waals surface area contributed by atoms with Crippen molar-refractivity contribution in [3.63, 3.8) is 0 Å². The average molecular weight is 268 g/mol. The molecule has 0 spiro atoms. The van der Waals surface area contributed by atoms with Gasteiger partial charge in [-0.15, -0.1) is 5.46 Å². The molecule has 0 amide bonds. The fraction of sp³-hybridized carbons (Fsp3) is 0.455. The molecular weight excluding hydrogens is 255 g/mol. The molecule has 17 heavy (non-hydrogen) atoms. The average Bonchev–Trinajstić information content (AvgIpc) is 2.15. The second-order valence-corrected chi connectivity index (χ2v) is 4.25. The number of benzene rings is 1. The van der Waals surface area contributed by atoms with E-state index in [1.54, 1.807) is 0 Å². The monoisotopic (exact) mass is 268 g/mol. The van der Waals surface area contributed by atoms with Crippen LogP contribution in [0.5, 0.6) is 5.75 Å². The molecule has 1 aliphatic rings. The molecule has 0 aliphatic heterocycles. The standard InChI is InChI=1S/C11H13BF3O.K/c13-12(14,15)10-4-6-11(7-5-10)16-8-9-2-1-3-9;/h4-7,9H,1-3,8H2;/q-1;+1. The first-order chi connectivity index (χ1) is 7.55. The van der Waals surface area contributed by atoms with Gasteiger partial charge in [-0.3, -0.25) is 0 Å². The normalized spacial score (nSPS) is 15.9. The Morgan fingerprint density at radius 3 is 2.12 bits per heavy atom. The van der Waals surface area contributed by atoms with Crippen LogP contribution in [0.2, 0.25) is 0 Å². The summed E-state index contributed by atoms with van der Waals surface area (Å²) in [7, 11) is 0. The quantitative estimate of drug-likeness (QED) is 0.694. The Balaban J connectivity index is 0.00000144. The van der Waals surface area contributed by atoms with E-state index in [2.05, 4.69) is 0 Å². The first-order valence-electron chi connectivity index (χ1n) is 5.48. The van der Waals surface area contributed by atoms with E-state index in [1.807, 2.05) is 0 Å². The Hall–Kier alpha value is 0.511. The van der Waals surface area contributed by atoms with Crippen LogP contribution in [0.4, 0.5) is 12.9 Å². The van der Waals surface area contributed by atoms with Gasteiger partial charge in [0.25, 0.3) is 0 Å². The van der Waals surface area contributed by atoms with E-state index in [4.69, 9.17) is 4.74 Å². The minimum Gasteiger partial charge on any atom is -0.493 e. The number of hydrogen-bond donors (Lipinski definition) is 0. The Kier molecular flexibility index (Phi) is 6.06. The van der Waals surface area contributed by atoms with Crippen LogP contribution in [0.3, 0.4) is 0 Å². The molecule has 6 heteroatoms. The summed E-state index contributed by atoms with van der Waals surface area (Å²) in [4.78, 5) is 0. The number of hydrogen-bond acceptors (Lipinski definition) is 1. The minimum atomic E-state index is -4.89. The summed E-state index contributed by atoms with van der Waals surface area (Å²) in [6, 6.07) is 4.94. The van der Waals surface area contributed by atoms with Gasteiger partial charge >= 0.3 is 58.4 Å². The van der Waals surface area contributed by atoms with E-state index in [0.29, 0.717) is 18.3 Å². The minimum absolute atomic E-state index is 0. The summed E-state index contributed by atoms with van der Waals surface area (Å²) in [5.74, 6) is 1.11. The van der Waals surface area contributed by atoms with Gasteiger partial charge in [0, 0.05) is 0 Å². The van der Waals surface area contributed by atoms with Gasteiger partial charge in [-0.25, -0.2) is 0 Å². The van der Waals surface area contributed by atoms with Crippen molar-refractivity contribution in [1.29, 1.82) is 0 Å². The topological polar surface area (TPSA) is 9.23 Å². The zero-order valence-corrected chi connectivity index (χ0v) is 13.0. The molecule has 1 fully saturated rings. The molecule has 0 heterocycles. The van der Waals surface area contributed by atoms with E-state index in [9.17, 15) is 12.9 Å². The van der Waals surface area contributed by atoms with Crippen LogP contribution < -0.4 is 61.6 Å². The Morgan fingerprint density at radius 2 is 1.71 bits per heavy atom. The molecule has 1 aromatic carbocycles. The molecule has 0 N–H and O–H groups in total. The predicted molar refractivity (Wildman–Crippen MR) is 58.0 cm³/mol. The largest absolute Gasteiger partial charge is 1.00 e. The third-order valence-electron chi connectivity index (χ3n) is 2.97. The maximum Gasteiger partial charge on any atom is 1.00 e. The van der Waals surface area contributed by atoms with Crippen molar-refractivity contribution in [2.45, 2.75) is 19.3 Å². The fourth-order valence-corrected chi connectivity index (χ4v) is 1.66. The molecule has 0 atom stereocenters. The SMILES string of the molecule is F[B-](F)(F)c1ccc(OCC2CCC2)cc1.[K+]. The zero-order chi connectivity index (χ0) is 11.6. The molecule has 0 aromatic heterocycles. The Labute approximate surface area is 142 Å². The van der Waals surface area contributed by atoms with E-state index in [-0.39, 0.29) is 51.4 Å². The third kappa shape index (κ3) is 4.59. The van der Waals surface area contributed by atoms with Gasteiger partial charge < -0.3 is 17.7 Å². The molecule has 1 nitrogen and oxygen atoms in total. The van der Waals surface area contributed by atoms with Crippen LogP contribution in [-0.2, 0) is 0 Å². The zero-order valence-electron chi connectivity index (χ0n) is 9.83. The number of halogens is 3. The molecule has 0 saturated heterocycles. The van der Waals surface area contributed by atoms with Gasteiger partial charge in [0.1, 0.15) is 5.75 Å². The van der Waals surface area contributed by atoms with Crippen molar-refractivity contribution in [2.75, 3.05) is 6.61 Å². The summed E-state index contributed by atoms with van der Waals surface area (Å²) < 4.78 is 42.4. The summed E-state index contributed by atoms with van der Waals surface area (Å²) >= 11 is 0. The maximum absolute atomic E-state index is 12.3. The van der Waals surface area contributed by atoms with Gasteiger partial charge in [-0.1, -0.05) is 18.6 Å². The van der Waals surface area contributed by atoms with Crippen LogP contribution in [0.1, 0.15) is 19.3 Å². The molecule has 1 aliphatic carbocycles. The second-order valence-electron chi connectivity index (χ2n) is 4.25. The third-order valence-corrected chi connectivity index (χ3v) is 2.97. The van der Waals surface area contributed by atoms with Gasteiger partial charge in [0.05, 0.1) is 6.61 Å². The van der Waals surface area contributed by atoms with E-state index in [1.165, 1.54) is 31.4 Å². The van der Waals surface area contributed by atoms with Gasteiger partial charge in [-0.05, 0) is 30.9 Å². The molecule has 88 valence electrons. The van der Waals surface area contributed by atoms with Crippen molar-refractivity contribution in [1.82, 2.24) is 0 Å². The van der Waals surface area contributed by atoms with Crippen molar-refractivity contribution < 1.29 is 69.1 Å². The molecular formula is C11H13BF3KO. The number of rotatable bonds is 4. The maximum atomic E-state index is 12.3. The van der Waals surface area contributed by atoms with Crippen molar-refractivity contribution in [2.24, 2.45) is 5.92 Å². The molecule has 1 aromatic rings. The van der Waals surface area contributed by atoms with Crippen LogP contribution in [0.15, 0.2) is 24.3 Å². The predicted octanol–water partition coefficient (Wildman–Crippen LogP) is -0.0761. The first-order valence-corrected chi connectivity index (χ1v) is 5.48. The summed E-state index contributed by atoms with van der Waals surface area (Å²) in [5.41, 5.74) is -0.573. The molecule has 0 unspecified atom stereocenters. The molecule has 0 radical (unpaired) electrons. The van der Waals surface area contributed by atoms with E-state index in [0.717, 1.165) is 12.1 Å². The fourth-order valence-electron chi connectivity index (χ4n) is 1.66. The van der Waals surface area contributed by atoms with Crippen molar-refractivity contribution in [3.05, 3.63) is 24.3 Å². The van der Waals surface area contributed by atoms with Crippen molar-refractivity contribution >= 4 is 12.4 Å². The summed E-state index contributed by atoms with van der Waals surface area (Å²) in [5, 5.41) is 0. The number of ether oxygens (including phenoxy) is 1. The van der Waals surface area contributed by atoms with Gasteiger partial charge in [0.15, 0.2) is 0 Å². The molecule has 0 bridgehead atoms. The van der Waals surface area contributed by atoms with Crippen LogP contribution in [0.25, 0.3) is 0 Å². The summed E-state index contributed by atoms with van der Waals surface area (Å²) in [6.07, 6.45) is 3.58. The first kappa shape index (κ1) is 15.6. The van der Waals surface area contributed by atoms with Gasteiger partial charge in [-0.2, -0.15) is 0 Å². The smallest absolute Gasteiger partial charge is 0.493 e. The van der Waals surface area contributed by atoms with Crippen LogP contribution >= 0.6 is 0 Å².